The summed E-state index contributed by atoms with van der Waals surface area (Å²) in [7, 11) is 0. The molecule has 0 aromatic rings. The van der Waals surface area contributed by atoms with E-state index in [1.54, 1.807) is 0 Å². The Morgan fingerprint density at radius 2 is 1.68 bits per heavy atom. The predicted octanol–water partition coefficient (Wildman–Crippen LogP) is 7.38. The Hall–Kier alpha value is -1.41. The number of allylic oxidation sites excluding steroid dienone is 6. The molecule has 0 aromatic carbocycles. The maximum atomic E-state index is 4.71. The van der Waals surface area contributed by atoms with Gasteiger partial charge in [0.25, 0.3) is 0 Å². The van der Waals surface area contributed by atoms with Crippen LogP contribution in [-0.2, 0) is 0 Å². The first-order valence-corrected chi connectivity index (χ1v) is 9.86. The molecule has 2 nitrogen and oxygen atoms in total. The van der Waals surface area contributed by atoms with E-state index in [-0.39, 0.29) is 5.48 Å². The van der Waals surface area contributed by atoms with Crippen molar-refractivity contribution in [1.29, 1.82) is 0 Å². The SMILES string of the molecule is C=C(/C=C(\CCCC)CC(=C\C)/N=C/C(=C\CC)CC)CC.CC.O. The largest absolute Gasteiger partial charge is 0.412 e. The summed E-state index contributed by atoms with van der Waals surface area (Å²) in [5.74, 6) is 0. The van der Waals surface area contributed by atoms with E-state index in [0.717, 1.165) is 37.8 Å². The van der Waals surface area contributed by atoms with Crippen LogP contribution in [0.3, 0.4) is 0 Å². The number of nitrogens with zero attached hydrogens (tertiary/aromatic N) is 1. The summed E-state index contributed by atoms with van der Waals surface area (Å²) in [6.45, 7) is 19.0. The summed E-state index contributed by atoms with van der Waals surface area (Å²) in [5.41, 5.74) is 5.14. The third-order valence-corrected chi connectivity index (χ3v) is 3.73. The Morgan fingerprint density at radius 1 is 1.04 bits per heavy atom. The smallest absolute Gasteiger partial charge is 0.0401 e. The molecule has 0 rings (SSSR count). The summed E-state index contributed by atoms with van der Waals surface area (Å²) in [4.78, 5) is 4.71. The summed E-state index contributed by atoms with van der Waals surface area (Å²) < 4.78 is 0. The van der Waals surface area contributed by atoms with Crippen LogP contribution in [0.2, 0.25) is 0 Å². The van der Waals surface area contributed by atoms with E-state index in [4.69, 9.17) is 4.99 Å². The molecule has 25 heavy (non-hydrogen) atoms. The molecule has 0 bridgehead atoms. The van der Waals surface area contributed by atoms with Crippen LogP contribution in [0.25, 0.3) is 0 Å². The van der Waals surface area contributed by atoms with Gasteiger partial charge in [-0.15, -0.1) is 0 Å². The number of rotatable bonds is 11. The Labute approximate surface area is 157 Å². The molecule has 0 aromatic heterocycles. The molecular weight excluding hydrogens is 306 g/mol. The molecular formula is C23H43NO. The van der Waals surface area contributed by atoms with Gasteiger partial charge < -0.3 is 5.48 Å². The molecule has 146 valence electrons. The fraction of sp³-hybridized carbons (Fsp3) is 0.609. The number of aliphatic imine (C=N–C) groups is 1. The Kier molecular flexibility index (Phi) is 23.4. The van der Waals surface area contributed by atoms with E-state index in [1.165, 1.54) is 29.6 Å². The molecule has 0 atom stereocenters. The van der Waals surface area contributed by atoms with Crippen molar-refractivity contribution in [2.75, 3.05) is 0 Å². The first-order chi connectivity index (χ1) is 11.6. The van der Waals surface area contributed by atoms with Crippen molar-refractivity contribution >= 4 is 6.21 Å². The first-order valence-electron chi connectivity index (χ1n) is 9.86. The number of hydrogen-bond donors (Lipinski definition) is 0. The van der Waals surface area contributed by atoms with Gasteiger partial charge in [0, 0.05) is 18.3 Å². The van der Waals surface area contributed by atoms with E-state index in [0.29, 0.717) is 0 Å². The molecule has 0 saturated heterocycles. The van der Waals surface area contributed by atoms with Gasteiger partial charge in [0.15, 0.2) is 0 Å². The minimum Gasteiger partial charge on any atom is -0.412 e. The van der Waals surface area contributed by atoms with Crippen molar-refractivity contribution in [2.24, 2.45) is 4.99 Å². The van der Waals surface area contributed by atoms with Crippen molar-refractivity contribution in [3.63, 3.8) is 0 Å². The predicted molar refractivity (Wildman–Crippen MR) is 118 cm³/mol. The van der Waals surface area contributed by atoms with E-state index in [1.807, 2.05) is 20.1 Å². The third kappa shape index (κ3) is 15.8. The minimum absolute atomic E-state index is 0. The highest BCUT2D eigenvalue weighted by atomic mass is 16.0. The van der Waals surface area contributed by atoms with Gasteiger partial charge in [0.2, 0.25) is 0 Å². The summed E-state index contributed by atoms with van der Waals surface area (Å²) >= 11 is 0. The second kappa shape index (κ2) is 20.6. The molecule has 0 aliphatic rings. The molecule has 0 fully saturated rings. The fourth-order valence-corrected chi connectivity index (χ4v) is 2.18. The number of unbranched alkanes of at least 4 members (excludes halogenated alkanes) is 1. The maximum absolute atomic E-state index is 4.71. The molecule has 0 amide bonds. The third-order valence-electron chi connectivity index (χ3n) is 3.73. The lowest BCUT2D eigenvalue weighted by Gasteiger charge is -2.09. The van der Waals surface area contributed by atoms with Gasteiger partial charge in [-0.05, 0) is 44.6 Å². The normalized spacial score (nSPS) is 12.5. The van der Waals surface area contributed by atoms with Gasteiger partial charge in [-0.25, -0.2) is 0 Å². The standard InChI is InChI=1S/C21H35N.C2H6.H2O/c1-7-12-14-20(15-18(6)9-3)16-21(11-5)22-17-19(10-4)13-8-2;1-2;/h11,13,15,17H,6-10,12,14,16H2,1-5H3;1-2H3;1H2/b19-13-,20-15+,21-11+,22-17+;;. The first kappa shape index (κ1) is 28.4. The molecule has 0 aliphatic carbocycles. The van der Waals surface area contributed by atoms with Crippen molar-refractivity contribution in [3.8, 4) is 0 Å². The highest BCUT2D eigenvalue weighted by Crippen LogP contribution is 2.20. The zero-order valence-corrected chi connectivity index (χ0v) is 17.9. The van der Waals surface area contributed by atoms with Gasteiger partial charge in [0.05, 0.1) is 0 Å². The Balaban J connectivity index is -0.00000155. The molecule has 0 spiro atoms. The lowest BCUT2D eigenvalue weighted by atomic mass is 10.0. The summed E-state index contributed by atoms with van der Waals surface area (Å²) in [5, 5.41) is 0. The van der Waals surface area contributed by atoms with Gasteiger partial charge >= 0.3 is 0 Å². The van der Waals surface area contributed by atoms with Crippen molar-refractivity contribution in [1.82, 2.24) is 0 Å². The monoisotopic (exact) mass is 349 g/mol. The molecule has 2 N–H and O–H groups in total. The van der Waals surface area contributed by atoms with Crippen LogP contribution < -0.4 is 0 Å². The molecule has 0 heterocycles. The van der Waals surface area contributed by atoms with Crippen LogP contribution in [0.15, 0.2) is 52.2 Å². The summed E-state index contributed by atoms with van der Waals surface area (Å²) in [6, 6.07) is 0. The number of hydrogen-bond acceptors (Lipinski definition) is 1. The minimum atomic E-state index is 0. The van der Waals surface area contributed by atoms with Crippen LogP contribution in [0.5, 0.6) is 0 Å². The fourth-order valence-electron chi connectivity index (χ4n) is 2.18. The van der Waals surface area contributed by atoms with Crippen molar-refractivity contribution < 1.29 is 5.48 Å². The van der Waals surface area contributed by atoms with E-state index >= 15 is 0 Å². The van der Waals surface area contributed by atoms with E-state index in [9.17, 15) is 0 Å². The van der Waals surface area contributed by atoms with Crippen LogP contribution in [-0.4, -0.2) is 11.7 Å². The Morgan fingerprint density at radius 3 is 2.12 bits per heavy atom. The average Bonchev–Trinajstić information content (AvgIpc) is 2.62. The second-order valence-corrected chi connectivity index (χ2v) is 5.67. The highest BCUT2D eigenvalue weighted by Gasteiger charge is 2.02. The van der Waals surface area contributed by atoms with E-state index in [2.05, 4.69) is 59.4 Å². The van der Waals surface area contributed by atoms with Gasteiger partial charge in [-0.2, -0.15) is 0 Å². The van der Waals surface area contributed by atoms with E-state index < -0.39 is 0 Å². The molecule has 0 unspecified atom stereocenters. The maximum Gasteiger partial charge on any atom is 0.0401 e. The van der Waals surface area contributed by atoms with Crippen molar-refractivity contribution in [3.05, 3.63) is 47.2 Å². The summed E-state index contributed by atoms with van der Waals surface area (Å²) in [6.07, 6.45) is 16.4. The quantitative estimate of drug-likeness (QED) is 0.276. The Bertz CT molecular complexity index is 439. The molecule has 0 radical (unpaired) electrons. The van der Waals surface area contributed by atoms with Gasteiger partial charge in [-0.3, -0.25) is 4.99 Å². The zero-order valence-electron chi connectivity index (χ0n) is 17.9. The highest BCUT2D eigenvalue weighted by molar-refractivity contribution is 5.79. The second-order valence-electron chi connectivity index (χ2n) is 5.67. The molecule has 0 aliphatic heterocycles. The van der Waals surface area contributed by atoms with Crippen LogP contribution in [0, 0.1) is 0 Å². The average molecular weight is 350 g/mol. The van der Waals surface area contributed by atoms with Crippen molar-refractivity contribution in [2.45, 2.75) is 93.4 Å². The lowest BCUT2D eigenvalue weighted by Crippen LogP contribution is -1.91. The topological polar surface area (TPSA) is 43.9 Å². The molecule has 2 heteroatoms. The zero-order chi connectivity index (χ0) is 18.8. The van der Waals surface area contributed by atoms with Crippen LogP contribution in [0.1, 0.15) is 93.4 Å². The van der Waals surface area contributed by atoms with Crippen LogP contribution >= 0.6 is 0 Å². The lowest BCUT2D eigenvalue weighted by molar-refractivity contribution is 0.767. The van der Waals surface area contributed by atoms with Gasteiger partial charge in [-0.1, -0.05) is 83.9 Å². The van der Waals surface area contributed by atoms with Gasteiger partial charge in [0.1, 0.15) is 0 Å². The van der Waals surface area contributed by atoms with Crippen LogP contribution in [0.4, 0.5) is 0 Å². The molecule has 0 saturated carbocycles.